The van der Waals surface area contributed by atoms with Crippen LogP contribution in [0.15, 0.2) is 0 Å². The Morgan fingerprint density at radius 2 is 1.44 bits per heavy atom. The largest absolute Gasteiger partial charge is 0.312 e. The lowest BCUT2D eigenvalue weighted by Gasteiger charge is -2.26. The highest BCUT2D eigenvalue weighted by atomic mass is 79.9. The van der Waals surface area contributed by atoms with Crippen molar-refractivity contribution >= 4 is 28.6 Å². The van der Waals surface area contributed by atoms with Gasteiger partial charge in [-0.25, -0.2) is 0 Å². The average molecular weight is 343 g/mol. The van der Waals surface area contributed by atoms with E-state index in [1.165, 1.54) is 51.4 Å². The molecule has 0 unspecified atom stereocenters. The van der Waals surface area contributed by atoms with Gasteiger partial charge in [0.15, 0.2) is 0 Å². The summed E-state index contributed by atoms with van der Waals surface area (Å²) in [5, 5.41) is 3.59. The zero-order chi connectivity index (χ0) is 13.0. The van der Waals surface area contributed by atoms with Crippen LogP contribution in [0.4, 0.5) is 0 Å². The first kappa shape index (κ1) is 21.0. The van der Waals surface area contributed by atoms with Gasteiger partial charge in [0.05, 0.1) is 0 Å². The van der Waals surface area contributed by atoms with Crippen LogP contribution in [0.25, 0.3) is 0 Å². The minimum absolute atomic E-state index is 0. The van der Waals surface area contributed by atoms with Gasteiger partial charge in [-0.3, -0.25) is 0 Å². The predicted molar refractivity (Wildman–Crippen MR) is 90.4 cm³/mol. The third kappa shape index (κ3) is 14.8. The van der Waals surface area contributed by atoms with Crippen LogP contribution in [0.2, 0.25) is 0 Å². The summed E-state index contributed by atoms with van der Waals surface area (Å²) in [7, 11) is 0. The summed E-state index contributed by atoms with van der Waals surface area (Å²) in [6.45, 7) is 7.93. The van der Waals surface area contributed by atoms with Gasteiger partial charge in [0, 0.05) is 11.4 Å². The van der Waals surface area contributed by atoms with E-state index in [1.54, 1.807) is 0 Å². The van der Waals surface area contributed by atoms with Gasteiger partial charge in [-0.1, -0.05) is 51.9 Å². The van der Waals surface area contributed by atoms with Crippen molar-refractivity contribution in [2.45, 2.75) is 84.1 Å². The molecule has 1 N–H and O–H groups in total. The second-order valence-corrected chi connectivity index (χ2v) is 6.10. The summed E-state index contributed by atoms with van der Waals surface area (Å²) in [5.41, 5.74) is 0.287. The monoisotopic (exact) mass is 341 g/mol. The highest BCUT2D eigenvalue weighted by Crippen LogP contribution is 2.15. The molecule has 0 aromatic rings. The standard InChI is InChI=1S/C15H32ClN.BrH/c1-4-5-6-7-8-9-10-12-15(2,3)17-14-11-13-16;/h17H,4-14H2,1-3H3;1H. The van der Waals surface area contributed by atoms with Gasteiger partial charge in [0.1, 0.15) is 0 Å². The molecule has 112 valence electrons. The molecule has 18 heavy (non-hydrogen) atoms. The number of unbranched alkanes of at least 4 members (excludes halogenated alkanes) is 6. The van der Waals surface area contributed by atoms with Gasteiger partial charge in [-0.15, -0.1) is 28.6 Å². The highest BCUT2D eigenvalue weighted by Gasteiger charge is 2.15. The fourth-order valence-electron chi connectivity index (χ4n) is 2.11. The summed E-state index contributed by atoms with van der Waals surface area (Å²) in [4.78, 5) is 0. The summed E-state index contributed by atoms with van der Waals surface area (Å²) < 4.78 is 0. The molecule has 0 aliphatic rings. The zero-order valence-electron chi connectivity index (χ0n) is 12.6. The molecule has 0 fully saturated rings. The number of nitrogens with one attached hydrogen (secondary N) is 1. The van der Waals surface area contributed by atoms with Gasteiger partial charge >= 0.3 is 0 Å². The quantitative estimate of drug-likeness (QED) is 0.354. The molecule has 0 aromatic carbocycles. The maximum Gasteiger partial charge on any atom is 0.0235 e. The molecule has 1 nitrogen and oxygen atoms in total. The lowest BCUT2D eigenvalue weighted by atomic mass is 9.96. The minimum atomic E-state index is 0. The molecular weight excluding hydrogens is 310 g/mol. The number of halogens is 2. The minimum Gasteiger partial charge on any atom is -0.312 e. The van der Waals surface area contributed by atoms with E-state index in [0.29, 0.717) is 0 Å². The molecule has 0 bridgehead atoms. The van der Waals surface area contributed by atoms with Gasteiger partial charge in [-0.2, -0.15) is 0 Å². The predicted octanol–water partition coefficient (Wildman–Crippen LogP) is 5.70. The van der Waals surface area contributed by atoms with Gasteiger partial charge in [0.2, 0.25) is 0 Å². The van der Waals surface area contributed by atoms with E-state index in [2.05, 4.69) is 26.1 Å². The molecule has 0 aliphatic carbocycles. The van der Waals surface area contributed by atoms with Crippen molar-refractivity contribution < 1.29 is 0 Å². The summed E-state index contributed by atoms with van der Waals surface area (Å²) >= 11 is 5.68. The van der Waals surface area contributed by atoms with Crippen LogP contribution in [0.5, 0.6) is 0 Å². The Balaban J connectivity index is 0. The topological polar surface area (TPSA) is 12.0 Å². The van der Waals surface area contributed by atoms with Gasteiger partial charge < -0.3 is 5.32 Å². The van der Waals surface area contributed by atoms with E-state index in [-0.39, 0.29) is 22.5 Å². The Morgan fingerprint density at radius 3 is 2.00 bits per heavy atom. The lowest BCUT2D eigenvalue weighted by Crippen LogP contribution is -2.39. The van der Waals surface area contributed by atoms with Gasteiger partial charge in [-0.05, 0) is 33.2 Å². The van der Waals surface area contributed by atoms with E-state index in [1.807, 2.05) is 0 Å². The Labute approximate surface area is 130 Å². The molecule has 0 rings (SSSR count). The molecule has 0 aromatic heterocycles. The Hall–Kier alpha value is 0.730. The van der Waals surface area contributed by atoms with Crippen molar-refractivity contribution in [1.82, 2.24) is 5.32 Å². The molecule has 0 radical (unpaired) electrons. The fourth-order valence-corrected chi connectivity index (χ4v) is 2.24. The van der Waals surface area contributed by atoms with E-state index >= 15 is 0 Å². The first-order valence-electron chi connectivity index (χ1n) is 7.43. The van der Waals surface area contributed by atoms with Gasteiger partial charge in [0.25, 0.3) is 0 Å². The number of hydrogen-bond donors (Lipinski definition) is 1. The van der Waals surface area contributed by atoms with E-state index < -0.39 is 0 Å². The summed E-state index contributed by atoms with van der Waals surface area (Å²) in [6.07, 6.45) is 12.1. The molecule has 0 heterocycles. The smallest absolute Gasteiger partial charge is 0.0235 e. The van der Waals surface area contributed by atoms with Crippen LogP contribution in [-0.2, 0) is 0 Å². The molecule has 0 aliphatic heterocycles. The third-order valence-corrected chi connectivity index (χ3v) is 3.59. The fraction of sp³-hybridized carbons (Fsp3) is 1.00. The van der Waals surface area contributed by atoms with Crippen molar-refractivity contribution in [1.29, 1.82) is 0 Å². The molecular formula is C15H33BrClN. The Bertz CT molecular complexity index is 163. The van der Waals surface area contributed by atoms with Crippen molar-refractivity contribution in [3.8, 4) is 0 Å². The van der Waals surface area contributed by atoms with E-state index in [4.69, 9.17) is 11.6 Å². The van der Waals surface area contributed by atoms with Crippen molar-refractivity contribution in [2.24, 2.45) is 0 Å². The van der Waals surface area contributed by atoms with E-state index in [0.717, 1.165) is 18.8 Å². The maximum atomic E-state index is 5.68. The number of rotatable bonds is 12. The van der Waals surface area contributed by atoms with E-state index in [9.17, 15) is 0 Å². The van der Waals surface area contributed by atoms with Crippen LogP contribution in [0.3, 0.4) is 0 Å². The van der Waals surface area contributed by atoms with Crippen molar-refractivity contribution in [2.75, 3.05) is 12.4 Å². The zero-order valence-corrected chi connectivity index (χ0v) is 15.0. The molecule has 0 spiro atoms. The SMILES string of the molecule is Br.CCCCCCCCCC(C)(C)NCCCCl. The van der Waals surface area contributed by atoms with Crippen LogP contribution in [0.1, 0.15) is 78.6 Å². The van der Waals surface area contributed by atoms with Crippen LogP contribution in [-0.4, -0.2) is 18.0 Å². The molecule has 0 saturated carbocycles. The number of hydrogen-bond acceptors (Lipinski definition) is 1. The first-order valence-corrected chi connectivity index (χ1v) is 7.97. The molecule has 0 atom stereocenters. The van der Waals surface area contributed by atoms with Crippen LogP contribution in [0, 0.1) is 0 Å². The highest BCUT2D eigenvalue weighted by molar-refractivity contribution is 8.93. The number of alkyl halides is 1. The second-order valence-electron chi connectivity index (χ2n) is 5.72. The first-order chi connectivity index (χ1) is 8.12. The third-order valence-electron chi connectivity index (χ3n) is 3.32. The Kier molecular flexibility index (Phi) is 16.5. The summed E-state index contributed by atoms with van der Waals surface area (Å²) in [6, 6.07) is 0. The average Bonchev–Trinajstić information content (AvgIpc) is 2.28. The maximum absolute atomic E-state index is 5.68. The lowest BCUT2D eigenvalue weighted by molar-refractivity contribution is 0.348. The van der Waals surface area contributed by atoms with Crippen molar-refractivity contribution in [3.05, 3.63) is 0 Å². The summed E-state index contributed by atoms with van der Waals surface area (Å²) in [5.74, 6) is 0.764. The van der Waals surface area contributed by atoms with Crippen LogP contribution >= 0.6 is 28.6 Å². The molecule has 3 heteroatoms. The second kappa shape index (κ2) is 14.1. The Morgan fingerprint density at radius 1 is 0.889 bits per heavy atom. The van der Waals surface area contributed by atoms with Crippen LogP contribution < -0.4 is 5.32 Å². The normalized spacial score (nSPS) is 11.3. The molecule has 0 amide bonds. The van der Waals surface area contributed by atoms with Crippen molar-refractivity contribution in [3.63, 3.8) is 0 Å². The molecule has 0 saturated heterocycles.